The maximum Gasteiger partial charge on any atom is 0.326 e. The third-order valence-corrected chi connectivity index (χ3v) is 3.55. The Morgan fingerprint density at radius 2 is 1.69 bits per heavy atom. The number of carbonyl (C=O) groups is 3. The third-order valence-electron chi connectivity index (χ3n) is 3.55. The Labute approximate surface area is 154 Å². The van der Waals surface area contributed by atoms with E-state index in [1.807, 2.05) is 27.7 Å². The van der Waals surface area contributed by atoms with Gasteiger partial charge in [-0.25, -0.2) is 4.79 Å². The van der Waals surface area contributed by atoms with Crippen LogP contribution in [0.15, 0.2) is 24.3 Å². The molecule has 0 radical (unpaired) electrons. The third kappa shape index (κ3) is 8.11. The van der Waals surface area contributed by atoms with Crippen LogP contribution in [0.5, 0.6) is 0 Å². The van der Waals surface area contributed by atoms with E-state index in [0.717, 1.165) is 5.56 Å². The average Bonchev–Trinajstić information content (AvgIpc) is 2.57. The Bertz CT molecular complexity index is 611. The van der Waals surface area contributed by atoms with Crippen molar-refractivity contribution >= 4 is 17.8 Å². The number of carboxylic acid groups (broad SMARTS) is 1. The van der Waals surface area contributed by atoms with Crippen LogP contribution in [0.3, 0.4) is 0 Å². The predicted octanol–water partition coefficient (Wildman–Crippen LogP) is 1.96. The lowest BCUT2D eigenvalue weighted by atomic mass is 10.0. The monoisotopic (exact) mass is 364 g/mol. The van der Waals surface area contributed by atoms with Gasteiger partial charge in [0, 0.05) is 5.56 Å². The van der Waals surface area contributed by atoms with Crippen molar-refractivity contribution in [1.82, 2.24) is 10.6 Å². The fourth-order valence-electron chi connectivity index (χ4n) is 2.22. The number of aliphatic carboxylic acids is 1. The maximum absolute atomic E-state index is 12.1. The van der Waals surface area contributed by atoms with Crippen molar-refractivity contribution in [1.29, 1.82) is 0 Å². The molecule has 0 aliphatic heterocycles. The fraction of sp³-hybridized carbons (Fsp3) is 0.526. The molecule has 0 spiro atoms. The van der Waals surface area contributed by atoms with Crippen LogP contribution in [0.2, 0.25) is 0 Å². The lowest BCUT2D eigenvalue weighted by Gasteiger charge is -2.16. The molecule has 0 fully saturated rings. The van der Waals surface area contributed by atoms with Crippen LogP contribution in [0, 0.1) is 5.92 Å². The first kappa shape index (κ1) is 21.6. The van der Waals surface area contributed by atoms with E-state index < -0.39 is 23.8 Å². The van der Waals surface area contributed by atoms with Crippen molar-refractivity contribution in [3.63, 3.8) is 0 Å². The Balaban J connectivity index is 2.49. The number of hydrogen-bond donors (Lipinski definition) is 3. The average molecular weight is 364 g/mol. The molecule has 1 aromatic carbocycles. The molecule has 0 bridgehead atoms. The summed E-state index contributed by atoms with van der Waals surface area (Å²) in [6.45, 7) is 7.83. The molecule has 7 heteroatoms. The Morgan fingerprint density at radius 1 is 1.08 bits per heavy atom. The molecule has 7 nitrogen and oxygen atoms in total. The van der Waals surface area contributed by atoms with Gasteiger partial charge in [0.25, 0.3) is 5.91 Å². The van der Waals surface area contributed by atoms with E-state index in [1.165, 1.54) is 0 Å². The van der Waals surface area contributed by atoms with Crippen LogP contribution >= 0.6 is 0 Å². The highest BCUT2D eigenvalue weighted by Crippen LogP contribution is 2.07. The summed E-state index contributed by atoms with van der Waals surface area (Å²) in [5.74, 6) is -1.89. The van der Waals surface area contributed by atoms with Gasteiger partial charge in [0.1, 0.15) is 6.04 Å². The van der Waals surface area contributed by atoms with E-state index in [4.69, 9.17) is 9.84 Å². The maximum atomic E-state index is 12.1. The minimum atomic E-state index is -1.09. The first-order valence-corrected chi connectivity index (χ1v) is 8.70. The number of benzene rings is 1. The molecular weight excluding hydrogens is 336 g/mol. The summed E-state index contributed by atoms with van der Waals surface area (Å²) in [5.41, 5.74) is 1.37. The van der Waals surface area contributed by atoms with Crippen LogP contribution < -0.4 is 10.6 Å². The first-order chi connectivity index (χ1) is 12.2. The topological polar surface area (TPSA) is 105 Å². The van der Waals surface area contributed by atoms with Crippen molar-refractivity contribution in [2.24, 2.45) is 5.92 Å². The molecule has 2 amide bonds. The van der Waals surface area contributed by atoms with Gasteiger partial charge in [-0.15, -0.1) is 0 Å². The lowest BCUT2D eigenvalue weighted by Crippen LogP contribution is -2.46. The number of nitrogens with one attached hydrogen (secondary N) is 2. The Morgan fingerprint density at radius 3 is 2.19 bits per heavy atom. The van der Waals surface area contributed by atoms with Gasteiger partial charge in [-0.05, 0) is 43.9 Å². The molecule has 0 unspecified atom stereocenters. The number of amides is 2. The van der Waals surface area contributed by atoms with Crippen LogP contribution in [0.1, 0.15) is 50.0 Å². The zero-order valence-electron chi connectivity index (χ0n) is 15.7. The highest BCUT2D eigenvalue weighted by molar-refractivity contribution is 5.96. The van der Waals surface area contributed by atoms with Crippen molar-refractivity contribution in [2.75, 3.05) is 6.54 Å². The molecule has 0 heterocycles. The van der Waals surface area contributed by atoms with Crippen molar-refractivity contribution in [3.8, 4) is 0 Å². The first-order valence-electron chi connectivity index (χ1n) is 8.70. The summed E-state index contributed by atoms with van der Waals surface area (Å²) in [6, 6.07) is 5.94. The molecule has 1 aromatic rings. The molecule has 0 saturated carbocycles. The summed E-state index contributed by atoms with van der Waals surface area (Å²) in [5, 5.41) is 14.0. The van der Waals surface area contributed by atoms with Crippen LogP contribution in [0.4, 0.5) is 0 Å². The van der Waals surface area contributed by atoms with E-state index in [2.05, 4.69) is 10.6 Å². The van der Waals surface area contributed by atoms with Crippen molar-refractivity contribution < 1.29 is 24.2 Å². The molecule has 1 rings (SSSR count). The number of hydrogen-bond acceptors (Lipinski definition) is 4. The molecule has 144 valence electrons. The minimum Gasteiger partial charge on any atom is -0.480 e. The van der Waals surface area contributed by atoms with Gasteiger partial charge in [0.05, 0.1) is 19.3 Å². The second kappa shape index (κ2) is 10.6. The van der Waals surface area contributed by atoms with Crippen LogP contribution in [-0.4, -0.2) is 41.6 Å². The summed E-state index contributed by atoms with van der Waals surface area (Å²) in [7, 11) is 0. The Hall–Kier alpha value is -2.41. The van der Waals surface area contributed by atoms with Gasteiger partial charge in [0.15, 0.2) is 0 Å². The molecule has 0 aromatic heterocycles. The predicted molar refractivity (Wildman–Crippen MR) is 97.7 cm³/mol. The quantitative estimate of drug-likeness (QED) is 0.589. The summed E-state index contributed by atoms with van der Waals surface area (Å²) < 4.78 is 5.49. The number of carboxylic acids is 1. The zero-order chi connectivity index (χ0) is 19.7. The van der Waals surface area contributed by atoms with E-state index in [-0.39, 0.29) is 18.6 Å². The van der Waals surface area contributed by atoms with Gasteiger partial charge in [-0.3, -0.25) is 9.59 Å². The highest BCUT2D eigenvalue weighted by atomic mass is 16.5. The number of ether oxygens (including phenoxy) is 1. The normalized spacial score (nSPS) is 12.1. The molecule has 26 heavy (non-hydrogen) atoms. The van der Waals surface area contributed by atoms with E-state index in [1.54, 1.807) is 24.3 Å². The minimum absolute atomic E-state index is 0.127. The summed E-state index contributed by atoms with van der Waals surface area (Å²) in [6.07, 6.45) is 0.455. The van der Waals surface area contributed by atoms with E-state index in [0.29, 0.717) is 18.6 Å². The van der Waals surface area contributed by atoms with Gasteiger partial charge >= 0.3 is 5.97 Å². The standard InChI is InChI=1S/C19H28N2O5/c1-12(2)9-16(19(24)25)21-17(22)10-20-18(23)15-7-5-14(6-8-15)11-26-13(3)4/h5-8,12-13,16H,9-11H2,1-4H3,(H,20,23)(H,21,22)(H,24,25)/t16-/m0/s1. The van der Waals surface area contributed by atoms with Gasteiger partial charge in [-0.2, -0.15) is 0 Å². The SMILES string of the molecule is CC(C)C[C@H](NC(=O)CNC(=O)c1ccc(COC(C)C)cc1)C(=O)O. The van der Waals surface area contributed by atoms with Crippen LogP contribution in [0.25, 0.3) is 0 Å². The van der Waals surface area contributed by atoms with Crippen molar-refractivity contribution in [2.45, 2.75) is 52.9 Å². The molecule has 0 aliphatic carbocycles. The Kier molecular flexibility index (Phi) is 8.78. The lowest BCUT2D eigenvalue weighted by molar-refractivity contribution is -0.142. The summed E-state index contributed by atoms with van der Waals surface area (Å²) >= 11 is 0. The smallest absolute Gasteiger partial charge is 0.326 e. The largest absolute Gasteiger partial charge is 0.480 e. The molecule has 3 N–H and O–H groups in total. The fourth-order valence-corrected chi connectivity index (χ4v) is 2.22. The highest BCUT2D eigenvalue weighted by Gasteiger charge is 2.21. The molecule has 0 aliphatic rings. The summed E-state index contributed by atoms with van der Waals surface area (Å²) in [4.78, 5) is 35.1. The van der Waals surface area contributed by atoms with E-state index in [9.17, 15) is 14.4 Å². The van der Waals surface area contributed by atoms with Crippen LogP contribution in [-0.2, 0) is 20.9 Å². The molecule has 0 saturated heterocycles. The second-order valence-electron chi connectivity index (χ2n) is 6.83. The molecular formula is C19H28N2O5. The van der Waals surface area contributed by atoms with Gasteiger partial charge < -0.3 is 20.5 Å². The van der Waals surface area contributed by atoms with E-state index >= 15 is 0 Å². The second-order valence-corrected chi connectivity index (χ2v) is 6.83. The van der Waals surface area contributed by atoms with Gasteiger partial charge in [-0.1, -0.05) is 26.0 Å². The number of rotatable bonds is 10. The van der Waals surface area contributed by atoms with Gasteiger partial charge in [0.2, 0.25) is 5.91 Å². The zero-order valence-corrected chi connectivity index (χ0v) is 15.7. The van der Waals surface area contributed by atoms with Crippen molar-refractivity contribution in [3.05, 3.63) is 35.4 Å². The molecule has 1 atom stereocenters. The number of carbonyl (C=O) groups excluding carboxylic acids is 2.